The van der Waals surface area contributed by atoms with Crippen LogP contribution in [0.5, 0.6) is 0 Å². The van der Waals surface area contributed by atoms with E-state index in [2.05, 4.69) is 23.4 Å². The van der Waals surface area contributed by atoms with Crippen molar-refractivity contribution in [2.75, 3.05) is 0 Å². The molecule has 2 heterocycles. The molecule has 0 aliphatic carbocycles. The first-order chi connectivity index (χ1) is 7.20. The first-order valence-corrected chi connectivity index (χ1v) is 5.79. The van der Waals surface area contributed by atoms with E-state index in [0.717, 1.165) is 11.3 Å². The number of aryl methyl sites for hydroxylation is 2. The number of rotatable bonds is 2. The fourth-order valence-electron chi connectivity index (χ4n) is 1.69. The summed E-state index contributed by atoms with van der Waals surface area (Å²) in [5.74, 6) is 0. The summed E-state index contributed by atoms with van der Waals surface area (Å²) in [6.07, 6.45) is 1.80. The average molecular weight is 218 g/mol. The third kappa shape index (κ3) is 1.94. The second-order valence-electron chi connectivity index (χ2n) is 3.62. The Morgan fingerprint density at radius 3 is 2.73 bits per heavy atom. The highest BCUT2D eigenvalue weighted by Crippen LogP contribution is 2.26. The lowest BCUT2D eigenvalue weighted by Gasteiger charge is -2.13. The molecular weight excluding hydrogens is 204 g/mol. The monoisotopic (exact) mass is 218 g/mol. The van der Waals surface area contributed by atoms with E-state index in [-0.39, 0.29) is 6.04 Å². The number of nitrogens with two attached hydrogens (primary N) is 1. The van der Waals surface area contributed by atoms with Crippen molar-refractivity contribution in [3.05, 3.63) is 51.5 Å². The van der Waals surface area contributed by atoms with Crippen LogP contribution in [0, 0.1) is 13.8 Å². The predicted octanol–water partition coefficient (Wildman–Crippen LogP) is 2.81. The first-order valence-electron chi connectivity index (χ1n) is 4.91. The quantitative estimate of drug-likeness (QED) is 0.841. The van der Waals surface area contributed by atoms with Crippen molar-refractivity contribution in [3.8, 4) is 0 Å². The fraction of sp³-hybridized carbons (Fsp3) is 0.250. The second kappa shape index (κ2) is 4.13. The van der Waals surface area contributed by atoms with Crippen LogP contribution in [0.15, 0.2) is 29.8 Å². The minimum atomic E-state index is -0.0996. The molecule has 0 spiro atoms. The summed E-state index contributed by atoms with van der Waals surface area (Å²) >= 11 is 1.73. The summed E-state index contributed by atoms with van der Waals surface area (Å²) in [6.45, 7) is 4.14. The van der Waals surface area contributed by atoms with Crippen molar-refractivity contribution in [2.24, 2.45) is 5.73 Å². The smallest absolute Gasteiger partial charge is 0.0739 e. The Bertz CT molecular complexity index is 462. The zero-order valence-corrected chi connectivity index (χ0v) is 9.71. The standard InChI is InChI=1S/C12H14N2S/c1-8-4-3-6-14-12(8)11(13)10-5-7-15-9(10)2/h3-7,11H,13H2,1-2H3. The molecule has 2 aromatic rings. The molecule has 0 radical (unpaired) electrons. The first kappa shape index (κ1) is 10.3. The second-order valence-corrected chi connectivity index (χ2v) is 4.74. The van der Waals surface area contributed by atoms with Crippen LogP contribution in [0.4, 0.5) is 0 Å². The molecule has 0 aliphatic rings. The predicted molar refractivity (Wildman–Crippen MR) is 64.1 cm³/mol. The van der Waals surface area contributed by atoms with E-state index in [4.69, 9.17) is 5.73 Å². The van der Waals surface area contributed by atoms with Crippen molar-refractivity contribution in [3.63, 3.8) is 0 Å². The van der Waals surface area contributed by atoms with Gasteiger partial charge in [-0.05, 0) is 42.5 Å². The van der Waals surface area contributed by atoms with Crippen LogP contribution in [0.1, 0.15) is 27.7 Å². The number of hydrogen-bond acceptors (Lipinski definition) is 3. The summed E-state index contributed by atoms with van der Waals surface area (Å²) in [6, 6.07) is 5.96. The van der Waals surface area contributed by atoms with Crippen molar-refractivity contribution in [1.82, 2.24) is 4.98 Å². The molecule has 2 nitrogen and oxygen atoms in total. The van der Waals surface area contributed by atoms with Gasteiger partial charge in [-0.25, -0.2) is 0 Å². The maximum atomic E-state index is 6.21. The maximum absolute atomic E-state index is 6.21. The third-order valence-electron chi connectivity index (χ3n) is 2.58. The lowest BCUT2D eigenvalue weighted by Crippen LogP contribution is -2.14. The Hall–Kier alpha value is -1.19. The topological polar surface area (TPSA) is 38.9 Å². The van der Waals surface area contributed by atoms with E-state index in [0.29, 0.717) is 0 Å². The molecule has 0 fully saturated rings. The van der Waals surface area contributed by atoms with E-state index in [1.165, 1.54) is 10.4 Å². The van der Waals surface area contributed by atoms with Crippen molar-refractivity contribution < 1.29 is 0 Å². The van der Waals surface area contributed by atoms with E-state index < -0.39 is 0 Å². The van der Waals surface area contributed by atoms with Gasteiger partial charge in [-0.3, -0.25) is 4.98 Å². The number of pyridine rings is 1. The third-order valence-corrected chi connectivity index (χ3v) is 3.44. The van der Waals surface area contributed by atoms with Crippen LogP contribution in [0.3, 0.4) is 0 Å². The van der Waals surface area contributed by atoms with E-state index >= 15 is 0 Å². The zero-order chi connectivity index (χ0) is 10.8. The molecule has 2 rings (SSSR count). The Labute approximate surface area is 93.8 Å². The molecule has 0 saturated carbocycles. The number of aromatic nitrogens is 1. The van der Waals surface area contributed by atoms with Gasteiger partial charge in [0.25, 0.3) is 0 Å². The number of nitrogens with zero attached hydrogens (tertiary/aromatic N) is 1. The molecule has 2 aromatic heterocycles. The highest BCUT2D eigenvalue weighted by Gasteiger charge is 2.14. The number of thiophene rings is 1. The molecule has 0 saturated heterocycles. The molecule has 0 aromatic carbocycles. The van der Waals surface area contributed by atoms with Gasteiger partial charge in [-0.15, -0.1) is 11.3 Å². The molecule has 1 unspecified atom stereocenters. The van der Waals surface area contributed by atoms with Gasteiger partial charge in [0.1, 0.15) is 0 Å². The van der Waals surface area contributed by atoms with E-state index in [9.17, 15) is 0 Å². The average Bonchev–Trinajstić information content (AvgIpc) is 2.64. The van der Waals surface area contributed by atoms with Gasteiger partial charge in [0.15, 0.2) is 0 Å². The molecule has 78 valence electrons. The minimum absolute atomic E-state index is 0.0996. The van der Waals surface area contributed by atoms with Crippen LogP contribution in [-0.2, 0) is 0 Å². The van der Waals surface area contributed by atoms with Gasteiger partial charge >= 0.3 is 0 Å². The molecule has 15 heavy (non-hydrogen) atoms. The molecule has 1 atom stereocenters. The van der Waals surface area contributed by atoms with Crippen molar-refractivity contribution in [2.45, 2.75) is 19.9 Å². The molecule has 3 heteroatoms. The fourth-order valence-corrected chi connectivity index (χ4v) is 2.44. The van der Waals surface area contributed by atoms with Gasteiger partial charge in [-0.1, -0.05) is 6.07 Å². The molecule has 0 aliphatic heterocycles. The van der Waals surface area contributed by atoms with E-state index in [1.54, 1.807) is 17.5 Å². The van der Waals surface area contributed by atoms with Crippen molar-refractivity contribution in [1.29, 1.82) is 0 Å². The summed E-state index contributed by atoms with van der Waals surface area (Å²) in [4.78, 5) is 5.63. The summed E-state index contributed by atoms with van der Waals surface area (Å²) in [7, 11) is 0. The molecule has 0 bridgehead atoms. The molecular formula is C12H14N2S. The Balaban J connectivity index is 2.41. The molecule has 2 N–H and O–H groups in total. The van der Waals surface area contributed by atoms with Gasteiger partial charge in [0.05, 0.1) is 11.7 Å². The largest absolute Gasteiger partial charge is 0.319 e. The summed E-state index contributed by atoms with van der Waals surface area (Å²) < 4.78 is 0. The van der Waals surface area contributed by atoms with E-state index in [1.807, 2.05) is 19.1 Å². The van der Waals surface area contributed by atoms with Crippen LogP contribution in [0.25, 0.3) is 0 Å². The lowest BCUT2D eigenvalue weighted by molar-refractivity contribution is 0.816. The zero-order valence-electron chi connectivity index (χ0n) is 8.90. The summed E-state index contributed by atoms with van der Waals surface area (Å²) in [5, 5.41) is 2.07. The highest BCUT2D eigenvalue weighted by atomic mass is 32.1. The Kier molecular flexibility index (Phi) is 2.84. The van der Waals surface area contributed by atoms with Crippen LogP contribution in [-0.4, -0.2) is 4.98 Å². The molecule has 0 amide bonds. The number of hydrogen-bond donors (Lipinski definition) is 1. The van der Waals surface area contributed by atoms with Crippen molar-refractivity contribution >= 4 is 11.3 Å². The van der Waals surface area contributed by atoms with Crippen LogP contribution >= 0.6 is 11.3 Å². The lowest BCUT2D eigenvalue weighted by atomic mass is 10.0. The Morgan fingerprint density at radius 1 is 1.33 bits per heavy atom. The highest BCUT2D eigenvalue weighted by molar-refractivity contribution is 7.10. The maximum Gasteiger partial charge on any atom is 0.0739 e. The SMILES string of the molecule is Cc1cccnc1C(N)c1ccsc1C. The van der Waals surface area contributed by atoms with Gasteiger partial charge in [0.2, 0.25) is 0 Å². The van der Waals surface area contributed by atoms with Crippen LogP contribution in [0.2, 0.25) is 0 Å². The Morgan fingerprint density at radius 2 is 2.13 bits per heavy atom. The van der Waals surface area contributed by atoms with Gasteiger partial charge in [0, 0.05) is 11.1 Å². The minimum Gasteiger partial charge on any atom is -0.319 e. The van der Waals surface area contributed by atoms with Gasteiger partial charge in [-0.2, -0.15) is 0 Å². The van der Waals surface area contributed by atoms with Gasteiger partial charge < -0.3 is 5.73 Å². The normalized spacial score (nSPS) is 12.7. The summed E-state index contributed by atoms with van der Waals surface area (Å²) in [5.41, 5.74) is 9.51. The van der Waals surface area contributed by atoms with Crippen LogP contribution < -0.4 is 5.73 Å².